The van der Waals surface area contributed by atoms with Crippen LogP contribution in [0.4, 0.5) is 5.69 Å². The zero-order chi connectivity index (χ0) is 12.0. The summed E-state index contributed by atoms with van der Waals surface area (Å²) >= 11 is 6.20. The fourth-order valence-corrected chi connectivity index (χ4v) is 2.00. The largest absolute Gasteiger partial charge is 0.395 e. The molecule has 4 heteroatoms. The van der Waals surface area contributed by atoms with E-state index in [1.807, 2.05) is 18.2 Å². The molecule has 0 saturated carbocycles. The van der Waals surface area contributed by atoms with E-state index in [0.29, 0.717) is 18.1 Å². The third kappa shape index (κ3) is 3.37. The van der Waals surface area contributed by atoms with Crippen molar-refractivity contribution in [2.24, 2.45) is 5.73 Å². The van der Waals surface area contributed by atoms with Crippen LogP contribution in [0.5, 0.6) is 0 Å². The van der Waals surface area contributed by atoms with Gasteiger partial charge in [-0.25, -0.2) is 0 Å². The molecule has 0 heterocycles. The maximum Gasteiger partial charge on any atom is 0.0642 e. The summed E-state index contributed by atoms with van der Waals surface area (Å²) in [7, 11) is 0. The molecule has 0 bridgehead atoms. The molecule has 0 radical (unpaired) electrons. The van der Waals surface area contributed by atoms with Crippen molar-refractivity contribution in [3.63, 3.8) is 0 Å². The van der Waals surface area contributed by atoms with E-state index < -0.39 is 0 Å². The number of halogens is 1. The summed E-state index contributed by atoms with van der Waals surface area (Å²) in [6, 6.07) is 5.83. The standard InChI is InChI=1S/C12H19ClN2O/c1-2-5-15(6-7-16)12-4-3-10(9-14)8-11(12)13/h3-4,8,16H,2,5-7,9,14H2,1H3. The van der Waals surface area contributed by atoms with Crippen molar-refractivity contribution in [1.82, 2.24) is 0 Å². The van der Waals surface area contributed by atoms with E-state index in [4.69, 9.17) is 22.4 Å². The first-order valence-electron chi connectivity index (χ1n) is 5.57. The van der Waals surface area contributed by atoms with Gasteiger partial charge < -0.3 is 15.7 Å². The molecule has 1 rings (SSSR count). The Morgan fingerprint density at radius 2 is 2.12 bits per heavy atom. The van der Waals surface area contributed by atoms with Crippen LogP contribution in [0, 0.1) is 0 Å². The van der Waals surface area contributed by atoms with E-state index in [2.05, 4.69) is 11.8 Å². The average Bonchev–Trinajstić information content (AvgIpc) is 2.29. The second-order valence-electron chi connectivity index (χ2n) is 3.70. The predicted molar refractivity (Wildman–Crippen MR) is 68.9 cm³/mol. The molecule has 1 aromatic rings. The molecule has 0 amide bonds. The van der Waals surface area contributed by atoms with Gasteiger partial charge in [0.1, 0.15) is 0 Å². The van der Waals surface area contributed by atoms with Crippen LogP contribution in [-0.2, 0) is 6.54 Å². The van der Waals surface area contributed by atoms with Crippen LogP contribution in [-0.4, -0.2) is 24.8 Å². The van der Waals surface area contributed by atoms with Crippen molar-refractivity contribution in [3.05, 3.63) is 28.8 Å². The Kier molecular flexibility index (Phi) is 5.60. The van der Waals surface area contributed by atoms with Crippen LogP contribution >= 0.6 is 11.6 Å². The number of hydrogen-bond acceptors (Lipinski definition) is 3. The molecule has 0 aliphatic carbocycles. The Balaban J connectivity index is 2.90. The van der Waals surface area contributed by atoms with Crippen LogP contribution in [0.25, 0.3) is 0 Å². The van der Waals surface area contributed by atoms with Gasteiger partial charge in [0.05, 0.1) is 17.3 Å². The average molecular weight is 243 g/mol. The second kappa shape index (κ2) is 6.74. The first kappa shape index (κ1) is 13.3. The Labute approximate surface area is 102 Å². The van der Waals surface area contributed by atoms with Gasteiger partial charge in [0, 0.05) is 19.6 Å². The van der Waals surface area contributed by atoms with Crippen LogP contribution < -0.4 is 10.6 Å². The summed E-state index contributed by atoms with van der Waals surface area (Å²) in [5, 5.41) is 9.71. The minimum Gasteiger partial charge on any atom is -0.395 e. The van der Waals surface area contributed by atoms with E-state index in [1.54, 1.807) is 0 Å². The van der Waals surface area contributed by atoms with Gasteiger partial charge in [-0.1, -0.05) is 24.6 Å². The number of nitrogens with two attached hydrogens (primary N) is 1. The molecule has 90 valence electrons. The zero-order valence-electron chi connectivity index (χ0n) is 9.62. The molecule has 3 N–H and O–H groups in total. The number of aliphatic hydroxyl groups is 1. The predicted octanol–water partition coefficient (Wildman–Crippen LogP) is 2.01. The van der Waals surface area contributed by atoms with Crippen LogP contribution in [0.1, 0.15) is 18.9 Å². The van der Waals surface area contributed by atoms with Crippen LogP contribution in [0.3, 0.4) is 0 Å². The molecular formula is C12H19ClN2O. The highest BCUT2D eigenvalue weighted by Crippen LogP contribution is 2.26. The van der Waals surface area contributed by atoms with Crippen molar-refractivity contribution in [2.45, 2.75) is 19.9 Å². The molecule has 0 saturated heterocycles. The van der Waals surface area contributed by atoms with Crippen molar-refractivity contribution in [2.75, 3.05) is 24.6 Å². The lowest BCUT2D eigenvalue weighted by Gasteiger charge is -2.24. The topological polar surface area (TPSA) is 49.5 Å². The summed E-state index contributed by atoms with van der Waals surface area (Å²) in [6.45, 7) is 4.23. The molecule has 0 spiro atoms. The molecule has 0 aliphatic heterocycles. The number of aliphatic hydroxyl groups excluding tert-OH is 1. The zero-order valence-corrected chi connectivity index (χ0v) is 10.4. The first-order chi connectivity index (χ1) is 7.72. The molecule has 0 aliphatic rings. The lowest BCUT2D eigenvalue weighted by atomic mass is 10.2. The smallest absolute Gasteiger partial charge is 0.0642 e. The highest BCUT2D eigenvalue weighted by atomic mass is 35.5. The molecule has 1 aromatic carbocycles. The number of hydrogen-bond donors (Lipinski definition) is 2. The monoisotopic (exact) mass is 242 g/mol. The molecule has 0 fully saturated rings. The SMILES string of the molecule is CCCN(CCO)c1ccc(CN)cc1Cl. The summed E-state index contributed by atoms with van der Waals surface area (Å²) < 4.78 is 0. The molecule has 16 heavy (non-hydrogen) atoms. The summed E-state index contributed by atoms with van der Waals surface area (Å²) in [4.78, 5) is 2.09. The molecule has 3 nitrogen and oxygen atoms in total. The Morgan fingerprint density at radius 3 is 2.62 bits per heavy atom. The van der Waals surface area contributed by atoms with Gasteiger partial charge in [-0.3, -0.25) is 0 Å². The second-order valence-corrected chi connectivity index (χ2v) is 4.11. The third-order valence-corrected chi connectivity index (χ3v) is 2.75. The van der Waals surface area contributed by atoms with E-state index in [1.165, 1.54) is 0 Å². The molecule has 0 unspecified atom stereocenters. The maximum atomic E-state index is 9.01. The van der Waals surface area contributed by atoms with Crippen molar-refractivity contribution in [3.8, 4) is 0 Å². The summed E-state index contributed by atoms with van der Waals surface area (Å²) in [5.41, 5.74) is 7.54. The van der Waals surface area contributed by atoms with Gasteiger partial charge in [0.2, 0.25) is 0 Å². The van der Waals surface area contributed by atoms with Crippen molar-refractivity contribution < 1.29 is 5.11 Å². The van der Waals surface area contributed by atoms with Gasteiger partial charge in [0.25, 0.3) is 0 Å². The minimum atomic E-state index is 0.134. The number of rotatable bonds is 6. The van der Waals surface area contributed by atoms with Crippen LogP contribution in [0.15, 0.2) is 18.2 Å². The maximum absolute atomic E-state index is 9.01. The van der Waals surface area contributed by atoms with Crippen molar-refractivity contribution in [1.29, 1.82) is 0 Å². The molecule has 0 atom stereocenters. The minimum absolute atomic E-state index is 0.134. The van der Waals surface area contributed by atoms with E-state index in [0.717, 1.165) is 24.2 Å². The van der Waals surface area contributed by atoms with E-state index >= 15 is 0 Å². The van der Waals surface area contributed by atoms with E-state index in [-0.39, 0.29) is 6.61 Å². The first-order valence-corrected chi connectivity index (χ1v) is 5.95. The lowest BCUT2D eigenvalue weighted by Crippen LogP contribution is -2.27. The fraction of sp³-hybridized carbons (Fsp3) is 0.500. The Morgan fingerprint density at radius 1 is 1.38 bits per heavy atom. The fourth-order valence-electron chi connectivity index (χ4n) is 1.68. The van der Waals surface area contributed by atoms with Gasteiger partial charge in [0.15, 0.2) is 0 Å². The number of benzene rings is 1. The number of anilines is 1. The number of nitrogens with zero attached hydrogens (tertiary/aromatic N) is 1. The van der Waals surface area contributed by atoms with E-state index in [9.17, 15) is 0 Å². The van der Waals surface area contributed by atoms with Gasteiger partial charge in [-0.2, -0.15) is 0 Å². The van der Waals surface area contributed by atoms with Gasteiger partial charge >= 0.3 is 0 Å². The van der Waals surface area contributed by atoms with Crippen molar-refractivity contribution >= 4 is 17.3 Å². The highest BCUT2D eigenvalue weighted by Gasteiger charge is 2.09. The summed E-state index contributed by atoms with van der Waals surface area (Å²) in [5.74, 6) is 0. The van der Waals surface area contributed by atoms with Gasteiger partial charge in [-0.15, -0.1) is 0 Å². The third-order valence-electron chi connectivity index (χ3n) is 2.45. The quantitative estimate of drug-likeness (QED) is 0.802. The Hall–Kier alpha value is -0.770. The summed E-state index contributed by atoms with van der Waals surface area (Å²) in [6.07, 6.45) is 1.02. The van der Waals surface area contributed by atoms with Gasteiger partial charge in [-0.05, 0) is 24.1 Å². The van der Waals surface area contributed by atoms with Crippen LogP contribution in [0.2, 0.25) is 5.02 Å². The molecular weight excluding hydrogens is 224 g/mol. The highest BCUT2D eigenvalue weighted by molar-refractivity contribution is 6.33. The normalized spacial score (nSPS) is 10.5. The lowest BCUT2D eigenvalue weighted by molar-refractivity contribution is 0.302. The molecule has 0 aromatic heterocycles. The Bertz CT molecular complexity index is 325.